The van der Waals surface area contributed by atoms with E-state index in [1.807, 2.05) is 7.05 Å². The van der Waals surface area contributed by atoms with Gasteiger partial charge in [0, 0.05) is 36.5 Å². The van der Waals surface area contributed by atoms with Crippen LogP contribution in [-0.2, 0) is 25.7 Å². The monoisotopic (exact) mass is 1270 g/mol. The normalized spacial score (nSPS) is 11.8. The average Bonchev–Trinajstić information content (AvgIpc) is 1.49. The first-order valence-electron chi connectivity index (χ1n) is 38.9. The van der Waals surface area contributed by atoms with Gasteiger partial charge in [-0.3, -0.25) is 0 Å². The summed E-state index contributed by atoms with van der Waals surface area (Å²) in [5.74, 6) is 0. The molecule has 0 saturated carbocycles. The Labute approximate surface area is 558 Å². The molecule has 4 aromatic carbocycles. The molecule has 0 atom stereocenters. The van der Waals surface area contributed by atoms with Crippen LogP contribution < -0.4 is 20.3 Å². The molecule has 6 nitrogen and oxygen atoms in total. The maximum Gasteiger partial charge on any atom is 0.258 e. The van der Waals surface area contributed by atoms with Gasteiger partial charge in [-0.1, -0.05) is 359 Å². The number of hydrogen-bond donors (Lipinski definition) is 4. The first kappa shape index (κ1) is 79.0. The summed E-state index contributed by atoms with van der Waals surface area (Å²) in [5, 5.41) is 16.1. The summed E-state index contributed by atoms with van der Waals surface area (Å²) in [6.45, 7) is 11.5. The number of rotatable bonds is 61. The van der Waals surface area contributed by atoms with E-state index in [1.54, 1.807) is 0 Å². The van der Waals surface area contributed by atoms with Gasteiger partial charge < -0.3 is 20.3 Å². The van der Waals surface area contributed by atoms with Crippen LogP contribution in [0.4, 0.5) is 22.7 Å². The molecule has 0 spiro atoms. The maximum atomic E-state index is 5.99. The number of aryl methyl sites for hydroxylation is 4. The zero-order chi connectivity index (χ0) is 63.9. The van der Waals surface area contributed by atoms with Gasteiger partial charge in [-0.2, -0.15) is 4.52 Å². The fourth-order valence-corrected chi connectivity index (χ4v) is 18.8. The van der Waals surface area contributed by atoms with Crippen molar-refractivity contribution in [3.8, 4) is 0 Å². The van der Waals surface area contributed by atoms with Gasteiger partial charge in [0.05, 0.1) is 0 Å². The Bertz CT molecular complexity index is 2210. The average molecular weight is 1270 g/mol. The summed E-state index contributed by atoms with van der Waals surface area (Å²) in [5.41, 5.74) is 9.91. The Morgan fingerprint density at radius 1 is 0.233 bits per heavy atom. The number of benzene rings is 4. The van der Waals surface area contributed by atoms with Crippen LogP contribution in [0.1, 0.15) is 358 Å². The summed E-state index contributed by atoms with van der Waals surface area (Å²) in [6.07, 6.45) is 70.7. The van der Waals surface area contributed by atoms with Gasteiger partial charge in [-0.25, -0.2) is 4.74 Å². The van der Waals surface area contributed by atoms with E-state index in [0.717, 1.165) is 48.4 Å². The second kappa shape index (κ2) is 53.9. The van der Waals surface area contributed by atoms with E-state index in [4.69, 9.17) is 9.26 Å². The largest absolute Gasteiger partial charge is 0.336 e. The van der Waals surface area contributed by atoms with Crippen molar-refractivity contribution in [2.45, 2.75) is 362 Å². The van der Waals surface area contributed by atoms with Crippen molar-refractivity contribution < 1.29 is 0 Å². The summed E-state index contributed by atoms with van der Waals surface area (Å²) in [6, 6.07) is 36.9. The minimum atomic E-state index is -2.86. The van der Waals surface area contributed by atoms with Crippen molar-refractivity contribution in [1.29, 1.82) is 0 Å². The fourth-order valence-electron chi connectivity index (χ4n) is 13.1. The van der Waals surface area contributed by atoms with E-state index < -0.39 is 14.9 Å². The van der Waals surface area contributed by atoms with Crippen molar-refractivity contribution in [2.24, 2.45) is 9.26 Å². The zero-order valence-electron chi connectivity index (χ0n) is 59.8. The van der Waals surface area contributed by atoms with E-state index in [9.17, 15) is 0 Å². The van der Waals surface area contributed by atoms with Gasteiger partial charge in [0.1, 0.15) is 7.36 Å². The Hall–Kier alpha value is -3.46. The zero-order valence-corrected chi connectivity index (χ0v) is 61.6. The van der Waals surface area contributed by atoms with Crippen molar-refractivity contribution in [1.82, 2.24) is 0 Å². The quantitative estimate of drug-likeness (QED) is 0.0263. The van der Waals surface area contributed by atoms with Crippen molar-refractivity contribution >= 4 is 37.6 Å². The molecule has 0 aliphatic heterocycles. The van der Waals surface area contributed by atoms with E-state index in [-0.39, 0.29) is 0 Å². The number of nitrogens with one attached hydrogen (secondary N) is 4. The molecule has 0 aromatic heterocycles. The minimum Gasteiger partial charge on any atom is -0.336 e. The third-order valence-electron chi connectivity index (χ3n) is 19.0. The third-order valence-corrected chi connectivity index (χ3v) is 24.5. The van der Waals surface area contributed by atoms with Crippen LogP contribution in [0.2, 0.25) is 0 Å². The van der Waals surface area contributed by atoms with E-state index >= 15 is 0 Å². The molecule has 0 heterocycles. The van der Waals surface area contributed by atoms with Crippen LogP contribution >= 0.6 is 14.9 Å². The molecule has 0 amide bonds. The Morgan fingerprint density at radius 2 is 0.400 bits per heavy atom. The predicted molar refractivity (Wildman–Crippen MR) is 410 cm³/mol. The minimum absolute atomic E-state index is 1.04. The lowest BCUT2D eigenvalue weighted by molar-refractivity contribution is 0.544. The molecule has 0 bridgehead atoms. The lowest BCUT2D eigenvalue weighted by atomic mass is 10.0. The van der Waals surface area contributed by atoms with Crippen LogP contribution in [0.5, 0.6) is 0 Å². The second-order valence-electron chi connectivity index (χ2n) is 27.6. The second-order valence-corrected chi connectivity index (χ2v) is 32.8. The van der Waals surface area contributed by atoms with Crippen LogP contribution in [0, 0.1) is 0 Å². The van der Waals surface area contributed by atoms with Gasteiger partial charge in [-0.05, 0) is 122 Å². The van der Waals surface area contributed by atoms with Gasteiger partial charge in [0.25, 0.3) is 7.51 Å². The van der Waals surface area contributed by atoms with Gasteiger partial charge in [0.2, 0.25) is 0 Å². The van der Waals surface area contributed by atoms with E-state index in [2.05, 4.69) is 152 Å². The molecule has 0 unspecified atom stereocenters. The van der Waals surface area contributed by atoms with Gasteiger partial charge in [0.15, 0.2) is 0 Å². The van der Waals surface area contributed by atoms with Crippen LogP contribution in [0.15, 0.2) is 106 Å². The molecule has 0 fully saturated rings. The molecule has 4 rings (SSSR count). The van der Waals surface area contributed by atoms with Gasteiger partial charge in [-0.15, -0.1) is 0 Å². The maximum absolute atomic E-state index is 5.99. The molecule has 510 valence electrons. The third kappa shape index (κ3) is 39.9. The van der Waals surface area contributed by atoms with E-state index in [0.29, 0.717) is 0 Å². The van der Waals surface area contributed by atoms with Crippen molar-refractivity contribution in [3.63, 3.8) is 0 Å². The SMILES string of the molecule is CCCCCCCCCCCCCCc1ccc(NP(C)(=NP(=NC)(Nc2ccc(CCCCCCCCCCCCCC)cc2)Nc2ccc(CCCCCCCCCCCCCC)cc2)Nc2ccc(CCCCCCCCCCCCCC)cc2)cc1. The first-order valence-corrected chi connectivity index (χ1v) is 42.8. The highest BCUT2D eigenvalue weighted by molar-refractivity contribution is 7.79. The molecule has 4 aromatic rings. The number of unbranched alkanes of at least 4 members (excludes halogenated alkanes) is 44. The number of nitrogens with zero attached hydrogens (tertiary/aromatic N) is 2. The molecule has 0 aliphatic carbocycles. The molecule has 4 N–H and O–H groups in total. The molecule has 0 radical (unpaired) electrons. The fraction of sp³-hybridized carbons (Fsp3) is 0.707. The predicted octanol–water partition coefficient (Wildman–Crippen LogP) is 29.6. The first-order chi connectivity index (χ1) is 44.3. The molecule has 0 aliphatic rings. The summed E-state index contributed by atoms with van der Waals surface area (Å²) in [7, 11) is -3.50. The molecule has 90 heavy (non-hydrogen) atoms. The smallest absolute Gasteiger partial charge is 0.258 e. The number of hydrogen-bond acceptors (Lipinski definition) is 1. The van der Waals surface area contributed by atoms with Crippen LogP contribution in [0.25, 0.3) is 0 Å². The number of anilines is 4. The van der Waals surface area contributed by atoms with E-state index in [1.165, 1.54) is 330 Å². The van der Waals surface area contributed by atoms with Crippen molar-refractivity contribution in [2.75, 3.05) is 34.1 Å². The summed E-state index contributed by atoms with van der Waals surface area (Å²) < 4.78 is 11.3. The molecule has 8 heteroatoms. The highest BCUT2D eigenvalue weighted by Gasteiger charge is 2.25. The summed E-state index contributed by atoms with van der Waals surface area (Å²) >= 11 is 0. The van der Waals surface area contributed by atoms with Crippen LogP contribution in [0.3, 0.4) is 0 Å². The highest BCUT2D eigenvalue weighted by atomic mass is 31.2. The Balaban J connectivity index is 1.49. The van der Waals surface area contributed by atoms with Gasteiger partial charge >= 0.3 is 0 Å². The Kier molecular flexibility index (Phi) is 47.3. The van der Waals surface area contributed by atoms with Crippen LogP contribution in [-0.4, -0.2) is 13.7 Å². The Morgan fingerprint density at radius 3 is 0.578 bits per heavy atom. The highest BCUT2D eigenvalue weighted by Crippen LogP contribution is 2.61. The molecule has 0 saturated heterocycles. The lowest BCUT2D eigenvalue weighted by Crippen LogP contribution is -2.10. The topological polar surface area (TPSA) is 72.8 Å². The molecular weight excluding hydrogens is 1130 g/mol. The summed E-state index contributed by atoms with van der Waals surface area (Å²) in [4.78, 5) is 0. The lowest BCUT2D eigenvalue weighted by Gasteiger charge is -2.31. The standard InChI is InChI=1S/C82H142N6P2/c1-7-11-15-19-23-27-31-35-39-43-47-51-55-75-59-67-79(68-60-75)84-89(6,85-80-69-61-76(62-70-80)56-52-48-44-40-36-32-28-24-20-16-12-8-2)88-90(83-5,86-81-71-63-77(64-72-81)57-53-49-45-41-37-33-29-25-21-17-13-9-3)87-82-73-65-78(66-74-82)58-54-50-46-42-38-34-30-26-22-18-14-10-4/h59-74,84-87H,7-58H2,1-6H3. The van der Waals surface area contributed by atoms with Crippen molar-refractivity contribution in [3.05, 3.63) is 119 Å². The molecular formula is C82H142N6P2.